The lowest BCUT2D eigenvalue weighted by molar-refractivity contribution is -0.384. The summed E-state index contributed by atoms with van der Waals surface area (Å²) in [6.07, 6.45) is 3.80. The molecule has 118 valence electrons. The van der Waals surface area contributed by atoms with Gasteiger partial charge in [0.2, 0.25) is 5.82 Å². The summed E-state index contributed by atoms with van der Waals surface area (Å²) in [5, 5.41) is 18.7. The summed E-state index contributed by atoms with van der Waals surface area (Å²) in [6.45, 7) is 9.36. The van der Waals surface area contributed by atoms with Crippen LogP contribution < -0.4 is 5.32 Å². The van der Waals surface area contributed by atoms with Crippen LogP contribution >= 0.6 is 0 Å². The van der Waals surface area contributed by atoms with Gasteiger partial charge in [0.1, 0.15) is 5.69 Å². The van der Waals surface area contributed by atoms with Crippen molar-refractivity contribution >= 4 is 11.5 Å². The van der Waals surface area contributed by atoms with Gasteiger partial charge in [-0.1, -0.05) is 6.42 Å². The van der Waals surface area contributed by atoms with Gasteiger partial charge in [0.15, 0.2) is 0 Å². The van der Waals surface area contributed by atoms with Crippen molar-refractivity contribution < 1.29 is 4.92 Å². The molecule has 1 atom stereocenters. The van der Waals surface area contributed by atoms with Crippen LogP contribution in [0.4, 0.5) is 11.5 Å². The van der Waals surface area contributed by atoms with Crippen LogP contribution in [0.5, 0.6) is 0 Å². The molecule has 0 saturated carbocycles. The second kappa shape index (κ2) is 6.89. The number of rotatable bonds is 6. The number of hydrogen-bond acceptors (Lipinski definition) is 5. The molecule has 1 aliphatic heterocycles. The Balaban J connectivity index is 2.06. The fourth-order valence-corrected chi connectivity index (χ4v) is 2.93. The second-order valence-electron chi connectivity index (χ2n) is 5.68. The Labute approximate surface area is 125 Å². The highest BCUT2D eigenvalue weighted by atomic mass is 16.6. The molecular formula is C14H25N5O2. The van der Waals surface area contributed by atoms with E-state index in [0.717, 1.165) is 13.1 Å². The average molecular weight is 295 g/mol. The van der Waals surface area contributed by atoms with E-state index in [9.17, 15) is 10.1 Å². The van der Waals surface area contributed by atoms with Crippen LogP contribution in [0.1, 0.15) is 38.8 Å². The molecule has 0 amide bonds. The van der Waals surface area contributed by atoms with Crippen molar-refractivity contribution in [1.82, 2.24) is 14.7 Å². The summed E-state index contributed by atoms with van der Waals surface area (Å²) < 4.78 is 1.68. The lowest BCUT2D eigenvalue weighted by Crippen LogP contribution is -2.41. The summed E-state index contributed by atoms with van der Waals surface area (Å²) >= 11 is 0. The molecule has 1 saturated heterocycles. The lowest BCUT2D eigenvalue weighted by Gasteiger charge is -2.32. The number of aryl methyl sites for hydroxylation is 2. The topological polar surface area (TPSA) is 76.2 Å². The molecule has 0 aromatic carbocycles. The van der Waals surface area contributed by atoms with Crippen molar-refractivity contribution in [2.24, 2.45) is 0 Å². The molecule has 21 heavy (non-hydrogen) atoms. The van der Waals surface area contributed by atoms with E-state index in [0.29, 0.717) is 30.6 Å². The maximum Gasteiger partial charge on any atom is 0.333 e. The molecule has 7 nitrogen and oxygen atoms in total. The first kappa shape index (κ1) is 15.8. The number of hydrogen-bond donors (Lipinski definition) is 1. The number of nitro groups is 1. The summed E-state index contributed by atoms with van der Waals surface area (Å²) in [4.78, 5) is 13.3. The minimum atomic E-state index is -0.345. The standard InChI is InChI=1S/C14H25N5O2/c1-4-18-14(13(19(20)21)12(3)16-18)15-10-11(2)17-8-6-5-7-9-17/h11,15H,4-10H2,1-3H3. The van der Waals surface area contributed by atoms with Crippen molar-refractivity contribution in [2.75, 3.05) is 25.0 Å². The molecule has 0 aliphatic carbocycles. The van der Waals surface area contributed by atoms with E-state index in [2.05, 4.69) is 22.2 Å². The number of nitrogens with zero attached hydrogens (tertiary/aromatic N) is 4. The normalized spacial score (nSPS) is 17.7. The monoisotopic (exact) mass is 295 g/mol. The van der Waals surface area contributed by atoms with Gasteiger partial charge in [-0.3, -0.25) is 15.0 Å². The van der Waals surface area contributed by atoms with Gasteiger partial charge in [0, 0.05) is 19.1 Å². The molecular weight excluding hydrogens is 270 g/mol. The van der Waals surface area contributed by atoms with E-state index in [1.54, 1.807) is 11.6 Å². The molecule has 1 aromatic rings. The van der Waals surface area contributed by atoms with Crippen LogP contribution in [0.15, 0.2) is 0 Å². The van der Waals surface area contributed by atoms with Gasteiger partial charge >= 0.3 is 5.69 Å². The smallest absolute Gasteiger partial charge is 0.333 e. The molecule has 2 rings (SSSR count). The van der Waals surface area contributed by atoms with Crippen molar-refractivity contribution in [1.29, 1.82) is 0 Å². The summed E-state index contributed by atoms with van der Waals surface area (Å²) in [5.74, 6) is 0.531. The third kappa shape index (κ3) is 3.53. The molecule has 1 aromatic heterocycles. The molecule has 7 heteroatoms. The maximum atomic E-state index is 11.2. The summed E-state index contributed by atoms with van der Waals surface area (Å²) in [5.41, 5.74) is 0.567. The molecule has 1 unspecified atom stereocenters. The third-order valence-corrected chi connectivity index (χ3v) is 4.16. The lowest BCUT2D eigenvalue weighted by atomic mass is 10.1. The van der Waals surface area contributed by atoms with E-state index in [1.165, 1.54) is 19.3 Å². The Hall–Kier alpha value is -1.63. The van der Waals surface area contributed by atoms with Crippen LogP contribution in [0, 0.1) is 17.0 Å². The predicted octanol–water partition coefficient (Wildman–Crippen LogP) is 2.41. The first-order valence-electron chi connectivity index (χ1n) is 7.74. The van der Waals surface area contributed by atoms with Gasteiger partial charge in [-0.15, -0.1) is 0 Å². The first-order valence-corrected chi connectivity index (χ1v) is 7.74. The van der Waals surface area contributed by atoms with E-state index in [4.69, 9.17) is 0 Å². The summed E-state index contributed by atoms with van der Waals surface area (Å²) in [6, 6.07) is 0.366. The van der Waals surface area contributed by atoms with E-state index in [-0.39, 0.29) is 10.6 Å². The SMILES string of the molecule is CCn1nc(C)c([N+](=O)[O-])c1NCC(C)N1CCCCC1. The third-order valence-electron chi connectivity index (χ3n) is 4.16. The largest absolute Gasteiger partial charge is 0.363 e. The Kier molecular flexibility index (Phi) is 5.17. The van der Waals surface area contributed by atoms with Crippen LogP contribution in [0.3, 0.4) is 0 Å². The van der Waals surface area contributed by atoms with Crippen molar-refractivity contribution in [2.45, 2.75) is 52.6 Å². The van der Waals surface area contributed by atoms with Crippen LogP contribution in [-0.2, 0) is 6.54 Å². The molecule has 1 N–H and O–H groups in total. The Morgan fingerprint density at radius 2 is 2.05 bits per heavy atom. The Bertz CT molecular complexity index is 494. The summed E-state index contributed by atoms with van der Waals surface area (Å²) in [7, 11) is 0. The highest BCUT2D eigenvalue weighted by Crippen LogP contribution is 2.28. The molecule has 0 radical (unpaired) electrons. The second-order valence-corrected chi connectivity index (χ2v) is 5.68. The quantitative estimate of drug-likeness (QED) is 0.644. The van der Waals surface area contributed by atoms with Crippen LogP contribution in [0.25, 0.3) is 0 Å². The van der Waals surface area contributed by atoms with Crippen LogP contribution in [0.2, 0.25) is 0 Å². The van der Waals surface area contributed by atoms with Gasteiger partial charge in [0.25, 0.3) is 0 Å². The van der Waals surface area contributed by atoms with Crippen LogP contribution in [-0.4, -0.2) is 45.3 Å². The fraction of sp³-hybridized carbons (Fsp3) is 0.786. The zero-order valence-corrected chi connectivity index (χ0v) is 13.1. The highest BCUT2D eigenvalue weighted by molar-refractivity contribution is 5.59. The number of likely N-dealkylation sites (tertiary alicyclic amines) is 1. The van der Waals surface area contributed by atoms with E-state index in [1.807, 2.05) is 6.92 Å². The minimum absolute atomic E-state index is 0.0997. The Morgan fingerprint density at radius 1 is 1.38 bits per heavy atom. The van der Waals surface area contributed by atoms with Gasteiger partial charge in [-0.2, -0.15) is 5.10 Å². The van der Waals surface area contributed by atoms with Crippen molar-refractivity contribution in [3.8, 4) is 0 Å². The van der Waals surface area contributed by atoms with E-state index >= 15 is 0 Å². The molecule has 1 fully saturated rings. The molecule has 0 spiro atoms. The van der Waals surface area contributed by atoms with Gasteiger partial charge in [0.05, 0.1) is 4.92 Å². The number of nitrogens with one attached hydrogen (secondary N) is 1. The fourth-order valence-electron chi connectivity index (χ4n) is 2.93. The zero-order valence-electron chi connectivity index (χ0n) is 13.1. The minimum Gasteiger partial charge on any atom is -0.363 e. The predicted molar refractivity (Wildman–Crippen MR) is 82.7 cm³/mol. The average Bonchev–Trinajstić information content (AvgIpc) is 2.81. The van der Waals surface area contributed by atoms with Gasteiger partial charge in [-0.05, 0) is 46.7 Å². The van der Waals surface area contributed by atoms with Crippen molar-refractivity contribution in [3.63, 3.8) is 0 Å². The number of anilines is 1. The molecule has 2 heterocycles. The van der Waals surface area contributed by atoms with Gasteiger partial charge < -0.3 is 5.32 Å². The number of piperidine rings is 1. The van der Waals surface area contributed by atoms with E-state index < -0.39 is 0 Å². The number of aromatic nitrogens is 2. The molecule has 0 bridgehead atoms. The zero-order chi connectivity index (χ0) is 15.4. The Morgan fingerprint density at radius 3 is 2.62 bits per heavy atom. The molecule has 1 aliphatic rings. The highest BCUT2D eigenvalue weighted by Gasteiger charge is 2.25. The first-order chi connectivity index (χ1) is 10.0. The van der Waals surface area contributed by atoms with Crippen molar-refractivity contribution in [3.05, 3.63) is 15.8 Å². The van der Waals surface area contributed by atoms with Gasteiger partial charge in [-0.25, -0.2) is 4.68 Å². The maximum absolute atomic E-state index is 11.2.